The number of anilines is 1. The maximum atomic E-state index is 14.9. The molecule has 0 spiro atoms. The summed E-state index contributed by atoms with van der Waals surface area (Å²) in [7, 11) is -5.14. The minimum atomic E-state index is -5.14. The number of amides is 7. The van der Waals surface area contributed by atoms with Crippen LogP contribution in [-0.4, -0.2) is 134 Å². The maximum absolute atomic E-state index is 14.9. The number of nitrogens with zero attached hydrogens (tertiary/aromatic N) is 3. The van der Waals surface area contributed by atoms with E-state index in [1.54, 1.807) is 60.7 Å². The second kappa shape index (κ2) is 18.9. The number of cyclic esters (lactones) is 1. The number of phosphoric ester groups is 1. The fourth-order valence-corrected chi connectivity index (χ4v) is 8.93. The number of fused-ring (bicyclic) bond motifs is 3. The molecule has 0 saturated carbocycles. The number of carbonyl (C=O) groups is 7. The standard InChI is InChI=1S/C40H52N7O12P/c1-23-18-32-39(53)58-25(3)33(44-34(48)29(19-26-12-6-4-7-13-26)43-40(54)42-27-14-8-5-9-15-27)38(52)47-22-28(59-60(55,56)57)20-31(47)37(51)45-17-11-10-16-30(45)35(49)41-24(2)36(50)46(32)21-23/h4-9,12-15,23-25,28-33H,10-11,16-22H2,1-3H3,(H,41,49)(H,44,48)(H2,42,43,54)(H2,55,56,57)/t23-,24+,25+,28-,29+,30+,31+,32+,33+/m1/s1. The summed E-state index contributed by atoms with van der Waals surface area (Å²) in [6, 6.07) is 8.77. The van der Waals surface area contributed by atoms with E-state index in [2.05, 4.69) is 21.3 Å². The van der Waals surface area contributed by atoms with Crippen molar-refractivity contribution in [3.63, 3.8) is 0 Å². The lowest BCUT2D eigenvalue weighted by Crippen LogP contribution is -2.63. The van der Waals surface area contributed by atoms with Crippen LogP contribution in [0.15, 0.2) is 60.7 Å². The van der Waals surface area contributed by atoms with Crippen LogP contribution in [0, 0.1) is 5.92 Å². The number of benzene rings is 2. The Morgan fingerprint density at radius 2 is 1.52 bits per heavy atom. The second-order valence-electron chi connectivity index (χ2n) is 15.9. The van der Waals surface area contributed by atoms with Gasteiger partial charge in [0, 0.05) is 38.2 Å². The van der Waals surface area contributed by atoms with Gasteiger partial charge in [0.25, 0.3) is 0 Å². The van der Waals surface area contributed by atoms with Gasteiger partial charge in [0.1, 0.15) is 42.4 Å². The third-order valence-electron chi connectivity index (χ3n) is 11.3. The number of urea groups is 1. The molecule has 324 valence electrons. The molecule has 4 aliphatic heterocycles. The van der Waals surface area contributed by atoms with Gasteiger partial charge in [-0.1, -0.05) is 55.5 Å². The summed E-state index contributed by atoms with van der Waals surface area (Å²) in [6.45, 7) is 4.46. The summed E-state index contributed by atoms with van der Waals surface area (Å²) >= 11 is 0. The highest BCUT2D eigenvalue weighted by Gasteiger charge is 2.50. The molecule has 4 saturated heterocycles. The average Bonchev–Trinajstić information content (AvgIpc) is 3.81. The number of ether oxygens (including phenoxy) is 1. The number of hydrogen-bond donors (Lipinski definition) is 6. The van der Waals surface area contributed by atoms with Crippen molar-refractivity contribution in [2.24, 2.45) is 5.92 Å². The number of esters is 1. The fraction of sp³-hybridized carbons (Fsp3) is 0.525. The molecule has 4 heterocycles. The van der Waals surface area contributed by atoms with E-state index in [0.29, 0.717) is 24.1 Å². The van der Waals surface area contributed by atoms with Crippen molar-refractivity contribution >= 4 is 55.0 Å². The zero-order valence-corrected chi connectivity index (χ0v) is 34.5. The number of hydrogen-bond acceptors (Lipinski definition) is 10. The van der Waals surface area contributed by atoms with Crippen molar-refractivity contribution in [3.8, 4) is 0 Å². The van der Waals surface area contributed by atoms with Gasteiger partial charge in [-0.15, -0.1) is 0 Å². The molecule has 0 radical (unpaired) electrons. The molecule has 7 amide bonds. The first-order valence-corrected chi connectivity index (χ1v) is 21.6. The van der Waals surface area contributed by atoms with E-state index < -0.39 is 104 Å². The molecule has 9 atom stereocenters. The minimum absolute atomic E-state index is 0.0411. The molecule has 6 N–H and O–H groups in total. The first kappa shape index (κ1) is 44.2. The predicted octanol–water partition coefficient (Wildman–Crippen LogP) is 1.05. The van der Waals surface area contributed by atoms with Gasteiger partial charge in [-0.25, -0.2) is 14.2 Å². The van der Waals surface area contributed by atoms with Crippen molar-refractivity contribution in [2.45, 2.75) is 108 Å². The highest BCUT2D eigenvalue weighted by atomic mass is 31.2. The van der Waals surface area contributed by atoms with E-state index in [1.807, 2.05) is 6.92 Å². The van der Waals surface area contributed by atoms with Crippen LogP contribution in [0.2, 0.25) is 0 Å². The summed E-state index contributed by atoms with van der Waals surface area (Å²) < 4.78 is 22.9. The van der Waals surface area contributed by atoms with Gasteiger partial charge in [-0.05, 0) is 63.1 Å². The Kier molecular flexibility index (Phi) is 13.9. The van der Waals surface area contributed by atoms with Crippen LogP contribution in [-0.2, 0) is 49.0 Å². The van der Waals surface area contributed by atoms with E-state index in [-0.39, 0.29) is 44.7 Å². The van der Waals surface area contributed by atoms with E-state index in [0.717, 1.165) is 4.90 Å². The smallest absolute Gasteiger partial charge is 0.458 e. The van der Waals surface area contributed by atoms with Gasteiger partial charge in [-0.3, -0.25) is 28.5 Å². The Morgan fingerprint density at radius 3 is 2.20 bits per heavy atom. The highest BCUT2D eigenvalue weighted by Crippen LogP contribution is 2.41. The Bertz CT molecular complexity index is 1990. The van der Waals surface area contributed by atoms with Crippen LogP contribution in [0.4, 0.5) is 10.5 Å². The van der Waals surface area contributed by atoms with E-state index in [1.165, 1.54) is 23.6 Å². The van der Waals surface area contributed by atoms with Gasteiger partial charge in [-0.2, -0.15) is 0 Å². The van der Waals surface area contributed by atoms with Crippen molar-refractivity contribution < 1.29 is 57.2 Å². The second-order valence-corrected chi connectivity index (χ2v) is 17.1. The highest BCUT2D eigenvalue weighted by molar-refractivity contribution is 7.46. The Balaban J connectivity index is 1.38. The normalized spacial score (nSPS) is 28.5. The van der Waals surface area contributed by atoms with Gasteiger partial charge >= 0.3 is 19.8 Å². The molecule has 2 aromatic carbocycles. The van der Waals surface area contributed by atoms with Gasteiger partial charge in [0.2, 0.25) is 29.5 Å². The number of para-hydroxylation sites is 1. The van der Waals surface area contributed by atoms with Crippen LogP contribution in [0.25, 0.3) is 0 Å². The largest absolute Gasteiger partial charge is 0.469 e. The zero-order chi connectivity index (χ0) is 43.3. The zero-order valence-electron chi connectivity index (χ0n) is 33.6. The molecule has 0 bridgehead atoms. The first-order chi connectivity index (χ1) is 28.5. The number of carbonyl (C=O) groups excluding carboxylic acids is 7. The minimum Gasteiger partial charge on any atom is -0.458 e. The summed E-state index contributed by atoms with van der Waals surface area (Å²) in [5.41, 5.74) is 1.09. The third-order valence-corrected chi connectivity index (χ3v) is 11.8. The molecule has 60 heavy (non-hydrogen) atoms. The molecule has 6 rings (SSSR count). The van der Waals surface area contributed by atoms with Crippen LogP contribution in [0.1, 0.15) is 58.4 Å². The quantitative estimate of drug-likeness (QED) is 0.161. The topological polar surface area (TPSA) is 253 Å². The number of phosphoric acid groups is 1. The van der Waals surface area contributed by atoms with Crippen molar-refractivity contribution in [2.75, 3.05) is 25.0 Å². The lowest BCUT2D eigenvalue weighted by Gasteiger charge is -2.39. The molecular formula is C40H52N7O12P. The van der Waals surface area contributed by atoms with E-state index in [4.69, 9.17) is 9.26 Å². The SMILES string of the molecule is C[C@@H]1C[C@H]2C(=O)O[C@@H](C)[C@H](NC(=O)[C@H](Cc3ccccc3)NC(=O)Nc3ccccc3)C(=O)N3C[C@H](OP(=O)(O)O)C[C@H]3C(=O)N3CCCC[C@H]3C(=O)N[C@@H](C)C(=O)N2C1. The third kappa shape index (κ3) is 10.7. The van der Waals surface area contributed by atoms with Gasteiger partial charge < -0.3 is 50.5 Å². The first-order valence-electron chi connectivity index (χ1n) is 20.1. The van der Waals surface area contributed by atoms with Crippen molar-refractivity contribution in [1.29, 1.82) is 0 Å². The van der Waals surface area contributed by atoms with Crippen molar-refractivity contribution in [3.05, 3.63) is 66.2 Å². The van der Waals surface area contributed by atoms with Crippen LogP contribution >= 0.6 is 7.82 Å². The summed E-state index contributed by atoms with van der Waals surface area (Å²) in [5, 5.41) is 10.7. The molecule has 19 nitrogen and oxygen atoms in total. The predicted molar refractivity (Wildman–Crippen MR) is 213 cm³/mol. The molecule has 20 heteroatoms. The number of piperidine rings is 1. The molecule has 4 aliphatic rings. The Morgan fingerprint density at radius 1 is 0.850 bits per heavy atom. The van der Waals surface area contributed by atoms with Gasteiger partial charge in [0.15, 0.2) is 0 Å². The molecular weight excluding hydrogens is 801 g/mol. The van der Waals surface area contributed by atoms with Crippen molar-refractivity contribution in [1.82, 2.24) is 30.7 Å². The van der Waals surface area contributed by atoms with Crippen LogP contribution < -0.4 is 21.3 Å². The molecule has 0 unspecified atom stereocenters. The maximum Gasteiger partial charge on any atom is 0.469 e. The fourth-order valence-electron chi connectivity index (χ4n) is 8.39. The number of nitrogens with one attached hydrogen (secondary N) is 4. The molecule has 4 fully saturated rings. The summed E-state index contributed by atoms with van der Waals surface area (Å²) in [6.07, 6.45) is -1.69. The molecule has 0 aliphatic carbocycles. The number of rotatable bonds is 8. The monoisotopic (exact) mass is 853 g/mol. The Labute approximate surface area is 347 Å². The summed E-state index contributed by atoms with van der Waals surface area (Å²) in [4.78, 5) is 122. The van der Waals surface area contributed by atoms with Gasteiger partial charge in [0.05, 0.1) is 6.10 Å². The van der Waals surface area contributed by atoms with Crippen LogP contribution in [0.3, 0.4) is 0 Å². The van der Waals surface area contributed by atoms with E-state index in [9.17, 15) is 47.9 Å². The summed E-state index contributed by atoms with van der Waals surface area (Å²) in [5.74, 6) is -4.73. The van der Waals surface area contributed by atoms with E-state index >= 15 is 0 Å². The molecule has 2 aromatic rings. The lowest BCUT2D eigenvalue weighted by molar-refractivity contribution is -0.163. The molecule has 0 aromatic heterocycles. The van der Waals surface area contributed by atoms with Crippen LogP contribution in [0.5, 0.6) is 0 Å². The lowest BCUT2D eigenvalue weighted by atomic mass is 9.98. The Hall–Kier alpha value is -5.36. The average molecular weight is 854 g/mol.